The van der Waals surface area contributed by atoms with Gasteiger partial charge in [0.05, 0.1) is 16.7 Å². The van der Waals surface area contributed by atoms with Crippen LogP contribution in [0, 0.1) is 5.92 Å². The summed E-state index contributed by atoms with van der Waals surface area (Å²) in [4.78, 5) is 13.2. The molecule has 1 fully saturated rings. The van der Waals surface area contributed by atoms with Crippen LogP contribution in [0.4, 0.5) is 0 Å². The third-order valence-electron chi connectivity index (χ3n) is 6.84. The van der Waals surface area contributed by atoms with Crippen molar-refractivity contribution in [2.45, 2.75) is 38.3 Å². The molecule has 0 bridgehead atoms. The van der Waals surface area contributed by atoms with Gasteiger partial charge in [-0.1, -0.05) is 12.5 Å². The predicted molar refractivity (Wildman–Crippen MR) is 131 cm³/mol. The number of carbonyl (C=O) groups is 1. The number of amides is 1. The number of fused-ring (bicyclic) bond motifs is 2. The molecular weight excluding hydrogens is 426 g/mol. The molecule has 5 aromatic rings. The van der Waals surface area contributed by atoms with E-state index >= 15 is 0 Å². The van der Waals surface area contributed by atoms with Gasteiger partial charge in [-0.2, -0.15) is 15.3 Å². The zero-order valence-electron chi connectivity index (χ0n) is 19.1. The quantitative estimate of drug-likeness (QED) is 0.415. The first kappa shape index (κ1) is 20.7. The fourth-order valence-electron chi connectivity index (χ4n) is 5.20. The molecule has 8 heteroatoms. The lowest BCUT2D eigenvalue weighted by atomic mass is 9.85. The number of aromatic amines is 1. The Balaban J connectivity index is 1.22. The first-order chi connectivity index (χ1) is 16.6. The zero-order valence-corrected chi connectivity index (χ0v) is 19.1. The fraction of sp³-hybridized carbons (Fsp3) is 0.308. The van der Waals surface area contributed by atoms with E-state index < -0.39 is 0 Å². The monoisotopic (exact) mass is 453 g/mol. The first-order valence-corrected chi connectivity index (χ1v) is 11.8. The number of aryl methyl sites for hydroxylation is 1. The van der Waals surface area contributed by atoms with Crippen LogP contribution in [0.3, 0.4) is 0 Å². The van der Waals surface area contributed by atoms with Crippen LogP contribution in [0.2, 0.25) is 0 Å². The average molecular weight is 454 g/mol. The Morgan fingerprint density at radius 2 is 2.15 bits per heavy atom. The third kappa shape index (κ3) is 3.96. The molecule has 1 aliphatic rings. The van der Waals surface area contributed by atoms with Crippen LogP contribution >= 0.6 is 0 Å². The maximum absolute atomic E-state index is 13.2. The summed E-state index contributed by atoms with van der Waals surface area (Å²) < 4.78 is 3.80. The third-order valence-corrected chi connectivity index (χ3v) is 6.84. The average Bonchev–Trinajstić information content (AvgIpc) is 3.57. The highest BCUT2D eigenvalue weighted by molar-refractivity contribution is 6.02. The van der Waals surface area contributed by atoms with E-state index in [9.17, 15) is 4.79 Å². The van der Waals surface area contributed by atoms with E-state index in [0.29, 0.717) is 11.5 Å². The molecule has 6 rings (SSSR count). The zero-order chi connectivity index (χ0) is 23.1. The highest BCUT2D eigenvalue weighted by Crippen LogP contribution is 2.30. The van der Waals surface area contributed by atoms with Crippen LogP contribution in [-0.4, -0.2) is 41.7 Å². The van der Waals surface area contributed by atoms with E-state index in [1.54, 1.807) is 0 Å². The number of rotatable bonds is 5. The Bertz CT molecular complexity index is 1460. The molecule has 0 unspecified atom stereocenters. The van der Waals surface area contributed by atoms with Gasteiger partial charge >= 0.3 is 0 Å². The predicted octanol–water partition coefficient (Wildman–Crippen LogP) is 4.30. The van der Waals surface area contributed by atoms with Crippen molar-refractivity contribution in [3.63, 3.8) is 0 Å². The summed E-state index contributed by atoms with van der Waals surface area (Å²) in [6, 6.07) is 14.0. The van der Waals surface area contributed by atoms with Gasteiger partial charge < -0.3 is 5.32 Å². The van der Waals surface area contributed by atoms with E-state index in [4.69, 9.17) is 0 Å². The highest BCUT2D eigenvalue weighted by Gasteiger charge is 2.24. The normalized spacial score (nSPS) is 18.5. The van der Waals surface area contributed by atoms with E-state index in [1.165, 1.54) is 6.42 Å². The van der Waals surface area contributed by atoms with Gasteiger partial charge in [0.25, 0.3) is 5.91 Å². The van der Waals surface area contributed by atoms with Gasteiger partial charge in [0.15, 0.2) is 0 Å². The van der Waals surface area contributed by atoms with E-state index in [0.717, 1.165) is 58.9 Å². The summed E-state index contributed by atoms with van der Waals surface area (Å²) >= 11 is 0. The van der Waals surface area contributed by atoms with Crippen molar-refractivity contribution in [3.05, 3.63) is 66.6 Å². The van der Waals surface area contributed by atoms with Gasteiger partial charge in [-0.25, -0.2) is 0 Å². The Labute approximate surface area is 197 Å². The van der Waals surface area contributed by atoms with Crippen LogP contribution in [0.1, 0.15) is 36.0 Å². The number of aromatic nitrogens is 6. The van der Waals surface area contributed by atoms with Crippen LogP contribution in [0.25, 0.3) is 33.1 Å². The number of nitrogens with one attached hydrogen (secondary N) is 2. The standard InChI is InChI=1S/C26H27N7O/c1-32-16-20-13-18(6-8-23(20)31-32)25-22-14-19(7-9-24(22)29-30-25)26(34)28-21-5-2-4-17(12-21)15-33-11-3-10-27-33/h3,6-11,13-14,16-17,21H,2,4-5,12,15H2,1H3,(H,28,34)(H,29,30)/t17-,21+/m1/s1. The summed E-state index contributed by atoms with van der Waals surface area (Å²) in [7, 11) is 1.92. The highest BCUT2D eigenvalue weighted by atomic mass is 16.1. The smallest absolute Gasteiger partial charge is 0.251 e. The molecule has 0 radical (unpaired) electrons. The van der Waals surface area contributed by atoms with Crippen molar-refractivity contribution in [2.24, 2.45) is 13.0 Å². The van der Waals surface area contributed by atoms with E-state index in [1.807, 2.05) is 71.4 Å². The van der Waals surface area contributed by atoms with Crippen LogP contribution < -0.4 is 5.32 Å². The van der Waals surface area contributed by atoms with Crippen molar-refractivity contribution in [1.29, 1.82) is 0 Å². The first-order valence-electron chi connectivity index (χ1n) is 11.8. The number of nitrogens with zero attached hydrogens (tertiary/aromatic N) is 5. The van der Waals surface area contributed by atoms with Gasteiger partial charge in [-0.3, -0.25) is 19.3 Å². The lowest BCUT2D eigenvalue weighted by Gasteiger charge is -2.29. The van der Waals surface area contributed by atoms with Crippen molar-refractivity contribution in [1.82, 2.24) is 35.1 Å². The molecular formula is C26H27N7O. The second kappa shape index (κ2) is 8.44. The molecule has 1 amide bonds. The van der Waals surface area contributed by atoms with Gasteiger partial charge in [-0.15, -0.1) is 0 Å². The molecule has 34 heavy (non-hydrogen) atoms. The van der Waals surface area contributed by atoms with Crippen LogP contribution in [0.5, 0.6) is 0 Å². The number of hydrogen-bond donors (Lipinski definition) is 2. The van der Waals surface area contributed by atoms with Gasteiger partial charge in [-0.05, 0) is 61.6 Å². The molecule has 1 aliphatic carbocycles. The number of benzene rings is 2. The van der Waals surface area contributed by atoms with Crippen LogP contribution in [0.15, 0.2) is 61.1 Å². The second-order valence-electron chi connectivity index (χ2n) is 9.34. The summed E-state index contributed by atoms with van der Waals surface area (Å²) in [6.07, 6.45) is 10.1. The van der Waals surface area contributed by atoms with Crippen molar-refractivity contribution in [3.8, 4) is 11.3 Å². The number of carbonyl (C=O) groups excluding carboxylic acids is 1. The molecule has 2 N–H and O–H groups in total. The Morgan fingerprint density at radius 3 is 3.03 bits per heavy atom. The van der Waals surface area contributed by atoms with Gasteiger partial charge in [0, 0.05) is 60.1 Å². The topological polar surface area (TPSA) is 93.4 Å². The van der Waals surface area contributed by atoms with Crippen molar-refractivity contribution in [2.75, 3.05) is 0 Å². The Hall–Kier alpha value is -3.94. The molecule has 0 aliphatic heterocycles. The minimum absolute atomic E-state index is 0.0264. The second-order valence-corrected chi connectivity index (χ2v) is 9.34. The largest absolute Gasteiger partial charge is 0.349 e. The molecule has 0 spiro atoms. The number of hydrogen-bond acceptors (Lipinski definition) is 4. The Morgan fingerprint density at radius 1 is 1.21 bits per heavy atom. The molecule has 3 aromatic heterocycles. The molecule has 1 saturated carbocycles. The molecule has 8 nitrogen and oxygen atoms in total. The Kier molecular flexibility index (Phi) is 5.13. The number of H-pyrrole nitrogens is 1. The SMILES string of the molecule is Cn1cc2cc(-c3n[nH]c4ccc(C(=O)N[C@H]5CCC[C@@H](Cn6cccn6)C5)cc34)ccc2n1. The molecule has 172 valence electrons. The van der Waals surface area contributed by atoms with E-state index in [2.05, 4.69) is 31.8 Å². The lowest BCUT2D eigenvalue weighted by molar-refractivity contribution is 0.0917. The molecule has 0 saturated heterocycles. The summed E-state index contributed by atoms with van der Waals surface area (Å²) in [5.41, 5.74) is 4.36. The van der Waals surface area contributed by atoms with Crippen LogP contribution in [-0.2, 0) is 13.6 Å². The fourth-order valence-corrected chi connectivity index (χ4v) is 5.20. The maximum Gasteiger partial charge on any atom is 0.251 e. The molecule has 2 aromatic carbocycles. The molecule has 2 atom stereocenters. The minimum atomic E-state index is -0.0264. The maximum atomic E-state index is 13.2. The van der Waals surface area contributed by atoms with Gasteiger partial charge in [0.1, 0.15) is 0 Å². The molecule has 3 heterocycles. The summed E-state index contributed by atoms with van der Waals surface area (Å²) in [5, 5.41) is 21.7. The van der Waals surface area contributed by atoms with Crippen molar-refractivity contribution >= 4 is 27.7 Å². The van der Waals surface area contributed by atoms with Gasteiger partial charge in [0.2, 0.25) is 0 Å². The van der Waals surface area contributed by atoms with E-state index in [-0.39, 0.29) is 11.9 Å². The summed E-state index contributed by atoms with van der Waals surface area (Å²) in [6.45, 7) is 0.908. The minimum Gasteiger partial charge on any atom is -0.349 e. The summed E-state index contributed by atoms with van der Waals surface area (Å²) in [5.74, 6) is 0.505. The van der Waals surface area contributed by atoms with Crippen molar-refractivity contribution < 1.29 is 4.79 Å². The lowest BCUT2D eigenvalue weighted by Crippen LogP contribution is -2.39.